The smallest absolute Gasteiger partial charge is 0.157 e. The molecule has 1 radical (unpaired) electrons. The summed E-state index contributed by atoms with van der Waals surface area (Å²) >= 11 is 0. The van der Waals surface area contributed by atoms with Gasteiger partial charge in [0.15, 0.2) is 6.29 Å². The predicted octanol–water partition coefficient (Wildman–Crippen LogP) is 2.23. The van der Waals surface area contributed by atoms with Crippen molar-refractivity contribution in [3.05, 3.63) is 0 Å². The molecule has 0 aliphatic rings. The Bertz CT molecular complexity index is 79.9. The fourth-order valence-electron chi connectivity index (χ4n) is 0.982. The highest BCUT2D eigenvalue weighted by molar-refractivity contribution is 4.47. The Morgan fingerprint density at radius 1 is 1.08 bits per heavy atom. The molecule has 0 aromatic heterocycles. The summed E-state index contributed by atoms with van der Waals surface area (Å²) in [5.74, 6) is 0. The molecule has 0 aromatic carbocycles. The molecule has 0 fully saturated rings. The Labute approximate surface area is 81.6 Å². The van der Waals surface area contributed by atoms with E-state index < -0.39 is 0 Å². The van der Waals surface area contributed by atoms with Gasteiger partial charge in [0.25, 0.3) is 0 Å². The zero-order valence-corrected chi connectivity index (χ0v) is 8.84. The maximum Gasteiger partial charge on any atom is 0.157 e. The first-order valence-corrected chi connectivity index (χ1v) is 5.22. The van der Waals surface area contributed by atoms with Crippen molar-refractivity contribution in [3.8, 4) is 0 Å². The second kappa shape index (κ2) is 9.96. The van der Waals surface area contributed by atoms with Crippen molar-refractivity contribution in [1.82, 2.24) is 5.73 Å². The first-order chi connectivity index (χ1) is 6.35. The van der Waals surface area contributed by atoms with Gasteiger partial charge in [-0.05, 0) is 25.7 Å². The van der Waals surface area contributed by atoms with Crippen molar-refractivity contribution in [3.63, 3.8) is 0 Å². The van der Waals surface area contributed by atoms with Crippen LogP contribution in [-0.2, 0) is 9.47 Å². The van der Waals surface area contributed by atoms with E-state index >= 15 is 0 Å². The van der Waals surface area contributed by atoms with Crippen LogP contribution in [0.4, 0.5) is 0 Å². The quantitative estimate of drug-likeness (QED) is 0.521. The molecule has 1 N–H and O–H groups in total. The fraction of sp³-hybridized carbons (Fsp3) is 1.00. The second-order valence-corrected chi connectivity index (χ2v) is 3.06. The van der Waals surface area contributed by atoms with Crippen molar-refractivity contribution >= 4 is 0 Å². The molecule has 0 rings (SSSR count). The summed E-state index contributed by atoms with van der Waals surface area (Å²) in [5, 5.41) is 0. The lowest BCUT2D eigenvalue weighted by Crippen LogP contribution is -2.19. The number of nitrogens with one attached hydrogen (secondary N) is 1. The van der Waals surface area contributed by atoms with Gasteiger partial charge in [0.1, 0.15) is 0 Å². The zero-order valence-electron chi connectivity index (χ0n) is 8.84. The van der Waals surface area contributed by atoms with Crippen LogP contribution in [0.5, 0.6) is 0 Å². The summed E-state index contributed by atoms with van der Waals surface area (Å²) < 4.78 is 11.0. The normalized spacial score (nSPS) is 11.1. The van der Waals surface area contributed by atoms with Crippen molar-refractivity contribution in [2.45, 2.75) is 45.8 Å². The molecule has 0 aromatic rings. The Balaban J connectivity index is 3.47. The Kier molecular flexibility index (Phi) is 9.87. The standard InChI is InChI=1S/C10H22NO2/c1-3-8-12-10(6-5-7-11)13-9-4-2/h10-11H,3-9H2,1-2H3. The molecule has 3 heteroatoms. The lowest BCUT2D eigenvalue weighted by Gasteiger charge is -2.17. The van der Waals surface area contributed by atoms with Crippen LogP contribution in [0.1, 0.15) is 39.5 Å². The van der Waals surface area contributed by atoms with E-state index in [0.717, 1.165) is 38.9 Å². The molecule has 0 aliphatic heterocycles. The topological polar surface area (TPSA) is 42.3 Å². The monoisotopic (exact) mass is 188 g/mol. The van der Waals surface area contributed by atoms with Gasteiger partial charge in [0.2, 0.25) is 0 Å². The molecule has 0 aliphatic carbocycles. The molecule has 0 amide bonds. The predicted molar refractivity (Wildman–Crippen MR) is 53.5 cm³/mol. The van der Waals surface area contributed by atoms with Gasteiger partial charge in [-0.25, -0.2) is 0 Å². The van der Waals surface area contributed by atoms with Gasteiger partial charge >= 0.3 is 0 Å². The van der Waals surface area contributed by atoms with E-state index in [1.165, 1.54) is 0 Å². The second-order valence-electron chi connectivity index (χ2n) is 3.06. The summed E-state index contributed by atoms with van der Waals surface area (Å²) in [6.07, 6.45) is 3.67. The van der Waals surface area contributed by atoms with Crippen LogP contribution in [-0.4, -0.2) is 26.0 Å². The average molecular weight is 188 g/mol. The molecular weight excluding hydrogens is 166 g/mol. The van der Waals surface area contributed by atoms with E-state index in [1.807, 2.05) is 0 Å². The van der Waals surface area contributed by atoms with Crippen molar-refractivity contribution in [1.29, 1.82) is 0 Å². The Morgan fingerprint density at radius 3 is 2.00 bits per heavy atom. The highest BCUT2D eigenvalue weighted by Crippen LogP contribution is 2.05. The Hall–Kier alpha value is -0.120. The molecule has 0 saturated heterocycles. The summed E-state index contributed by atoms with van der Waals surface area (Å²) in [5.41, 5.74) is 7.04. The molecule has 13 heavy (non-hydrogen) atoms. The summed E-state index contributed by atoms with van der Waals surface area (Å²) in [6, 6.07) is 0. The van der Waals surface area contributed by atoms with E-state index in [9.17, 15) is 0 Å². The van der Waals surface area contributed by atoms with Crippen LogP contribution >= 0.6 is 0 Å². The molecule has 0 saturated carbocycles. The minimum atomic E-state index is -0.0785. The van der Waals surface area contributed by atoms with E-state index in [2.05, 4.69) is 13.8 Å². The van der Waals surface area contributed by atoms with E-state index in [4.69, 9.17) is 15.2 Å². The lowest BCUT2D eigenvalue weighted by molar-refractivity contribution is -0.146. The number of rotatable bonds is 9. The third kappa shape index (κ3) is 8.22. The van der Waals surface area contributed by atoms with Crippen molar-refractivity contribution < 1.29 is 9.47 Å². The summed E-state index contributed by atoms with van der Waals surface area (Å²) in [7, 11) is 0. The van der Waals surface area contributed by atoms with E-state index in [-0.39, 0.29) is 6.29 Å². The average Bonchev–Trinajstić information content (AvgIpc) is 2.17. The summed E-state index contributed by atoms with van der Waals surface area (Å²) in [6.45, 7) is 6.14. The minimum absolute atomic E-state index is 0.0785. The van der Waals surface area contributed by atoms with Crippen LogP contribution in [0, 0.1) is 0 Å². The summed E-state index contributed by atoms with van der Waals surface area (Å²) in [4.78, 5) is 0. The van der Waals surface area contributed by atoms with Gasteiger partial charge in [-0.3, -0.25) is 5.73 Å². The first kappa shape index (κ1) is 12.9. The van der Waals surface area contributed by atoms with Gasteiger partial charge in [0.05, 0.1) is 0 Å². The maximum atomic E-state index is 7.04. The fourth-order valence-corrected chi connectivity index (χ4v) is 0.982. The molecule has 0 unspecified atom stereocenters. The van der Waals surface area contributed by atoms with Gasteiger partial charge in [0, 0.05) is 19.8 Å². The SMILES string of the molecule is CCCOC(CCC[NH])OCCC. The Morgan fingerprint density at radius 2 is 1.62 bits per heavy atom. The third-order valence-corrected chi connectivity index (χ3v) is 1.63. The van der Waals surface area contributed by atoms with Crippen LogP contribution in [0.3, 0.4) is 0 Å². The van der Waals surface area contributed by atoms with Crippen molar-refractivity contribution in [2.24, 2.45) is 0 Å². The zero-order chi connectivity index (χ0) is 9.94. The number of hydrogen-bond acceptors (Lipinski definition) is 2. The molecule has 3 nitrogen and oxygen atoms in total. The highest BCUT2D eigenvalue weighted by atomic mass is 16.7. The lowest BCUT2D eigenvalue weighted by atomic mass is 10.3. The van der Waals surface area contributed by atoms with Gasteiger partial charge in [-0.1, -0.05) is 13.8 Å². The molecule has 0 heterocycles. The van der Waals surface area contributed by atoms with Crippen molar-refractivity contribution in [2.75, 3.05) is 19.8 Å². The molecule has 0 spiro atoms. The molecule has 0 bridgehead atoms. The van der Waals surface area contributed by atoms with E-state index in [0.29, 0.717) is 6.54 Å². The minimum Gasteiger partial charge on any atom is -0.353 e. The number of ether oxygens (including phenoxy) is 2. The number of hydrogen-bond donors (Lipinski definition) is 0. The third-order valence-electron chi connectivity index (χ3n) is 1.63. The first-order valence-electron chi connectivity index (χ1n) is 5.22. The molecule has 79 valence electrons. The largest absolute Gasteiger partial charge is 0.353 e. The highest BCUT2D eigenvalue weighted by Gasteiger charge is 2.07. The van der Waals surface area contributed by atoms with Crippen LogP contribution < -0.4 is 5.73 Å². The van der Waals surface area contributed by atoms with Crippen LogP contribution in [0.2, 0.25) is 0 Å². The maximum absolute atomic E-state index is 7.04. The molecular formula is C10H22NO2. The van der Waals surface area contributed by atoms with Gasteiger partial charge in [-0.2, -0.15) is 0 Å². The van der Waals surface area contributed by atoms with Crippen LogP contribution in [0.25, 0.3) is 0 Å². The molecule has 0 atom stereocenters. The van der Waals surface area contributed by atoms with Gasteiger partial charge in [-0.15, -0.1) is 0 Å². The van der Waals surface area contributed by atoms with E-state index in [1.54, 1.807) is 0 Å². The van der Waals surface area contributed by atoms with Crippen LogP contribution in [0.15, 0.2) is 0 Å². The van der Waals surface area contributed by atoms with Gasteiger partial charge < -0.3 is 9.47 Å².